The molecule has 8 heteroatoms. The van der Waals surface area contributed by atoms with Crippen LogP contribution >= 0.6 is 12.4 Å². The van der Waals surface area contributed by atoms with Crippen molar-refractivity contribution in [1.29, 1.82) is 0 Å². The fraction of sp³-hybridized carbons (Fsp3) is 0.778. The Morgan fingerprint density at radius 2 is 2.24 bits per heavy atom. The zero-order chi connectivity index (χ0) is 12.2. The molecule has 1 aliphatic heterocycles. The summed E-state index contributed by atoms with van der Waals surface area (Å²) in [4.78, 5) is 22.2. The average Bonchev–Trinajstić information content (AvgIpc) is 2.27. The topological polar surface area (TPSA) is 84.2 Å². The number of piperidine rings is 1. The van der Waals surface area contributed by atoms with E-state index >= 15 is 0 Å². The lowest BCUT2D eigenvalue weighted by Gasteiger charge is -2.23. The van der Waals surface area contributed by atoms with E-state index in [2.05, 4.69) is 10.6 Å². The van der Waals surface area contributed by atoms with E-state index in [0.717, 1.165) is 0 Å². The number of nitrogens with one attached hydrogen (secondary N) is 2. The molecule has 17 heavy (non-hydrogen) atoms. The maximum atomic E-state index is 12.7. The third-order valence-electron chi connectivity index (χ3n) is 2.46. The van der Waals surface area contributed by atoms with Gasteiger partial charge >= 0.3 is 0 Å². The monoisotopic (exact) mass is 271 g/mol. The summed E-state index contributed by atoms with van der Waals surface area (Å²) in [6.07, 6.45) is 0.650. The van der Waals surface area contributed by atoms with Crippen LogP contribution in [0.4, 0.5) is 8.78 Å². The van der Waals surface area contributed by atoms with Crippen molar-refractivity contribution in [3.8, 4) is 0 Å². The molecule has 1 aliphatic rings. The molecule has 1 rings (SSSR count). The highest BCUT2D eigenvalue weighted by Gasteiger charge is 2.30. The quantitative estimate of drug-likeness (QED) is 0.653. The Morgan fingerprint density at radius 1 is 1.59 bits per heavy atom. The molecule has 1 fully saturated rings. The molecule has 0 spiro atoms. The van der Waals surface area contributed by atoms with Crippen molar-refractivity contribution in [3.63, 3.8) is 0 Å². The van der Waals surface area contributed by atoms with E-state index < -0.39 is 30.8 Å². The van der Waals surface area contributed by atoms with Gasteiger partial charge in [0.2, 0.25) is 11.8 Å². The first kappa shape index (κ1) is 16.1. The van der Waals surface area contributed by atoms with E-state index in [9.17, 15) is 18.4 Å². The van der Waals surface area contributed by atoms with Gasteiger partial charge in [-0.2, -0.15) is 0 Å². The lowest BCUT2D eigenvalue weighted by atomic mass is 9.98. The normalized spacial score (nSPS) is 20.2. The Kier molecular flexibility index (Phi) is 6.33. The van der Waals surface area contributed by atoms with Crippen LogP contribution in [0.5, 0.6) is 0 Å². The SMILES string of the molecule is Cl.NCC(F)(F)CNC(=O)C1CCC(=O)NC1. The number of carbonyl (C=O) groups excluding carboxylic acids is 2. The van der Waals surface area contributed by atoms with Gasteiger partial charge in [0.25, 0.3) is 5.92 Å². The number of hydrogen-bond acceptors (Lipinski definition) is 3. The molecule has 1 saturated heterocycles. The van der Waals surface area contributed by atoms with Gasteiger partial charge in [-0.25, -0.2) is 8.78 Å². The Morgan fingerprint density at radius 3 is 2.71 bits per heavy atom. The molecule has 0 bridgehead atoms. The van der Waals surface area contributed by atoms with Crippen LogP contribution in [0.2, 0.25) is 0 Å². The summed E-state index contributed by atoms with van der Waals surface area (Å²) in [6.45, 7) is -1.35. The van der Waals surface area contributed by atoms with E-state index in [4.69, 9.17) is 5.73 Å². The highest BCUT2D eigenvalue weighted by molar-refractivity contribution is 5.85. The van der Waals surface area contributed by atoms with Crippen molar-refractivity contribution in [2.75, 3.05) is 19.6 Å². The molecule has 0 saturated carbocycles. The van der Waals surface area contributed by atoms with Crippen molar-refractivity contribution < 1.29 is 18.4 Å². The Bertz CT molecular complexity index is 279. The van der Waals surface area contributed by atoms with Gasteiger partial charge in [0.15, 0.2) is 0 Å². The molecule has 0 aromatic rings. The van der Waals surface area contributed by atoms with E-state index in [1.165, 1.54) is 0 Å². The summed E-state index contributed by atoms with van der Waals surface area (Å²) in [5.41, 5.74) is 4.83. The minimum atomic E-state index is -3.08. The first-order chi connectivity index (χ1) is 7.44. The number of hydrogen-bond donors (Lipinski definition) is 3. The minimum absolute atomic E-state index is 0. The number of carbonyl (C=O) groups is 2. The first-order valence-electron chi connectivity index (χ1n) is 5.07. The third kappa shape index (κ3) is 5.27. The fourth-order valence-corrected chi connectivity index (χ4v) is 1.39. The first-order valence-corrected chi connectivity index (χ1v) is 5.07. The lowest BCUT2D eigenvalue weighted by molar-refractivity contribution is -0.130. The molecule has 0 aromatic carbocycles. The van der Waals surface area contributed by atoms with Gasteiger partial charge < -0.3 is 16.4 Å². The summed E-state index contributed by atoms with van der Waals surface area (Å²) in [5.74, 6) is -4.08. The molecule has 0 radical (unpaired) electrons. The van der Waals surface area contributed by atoms with Crippen LogP contribution in [-0.2, 0) is 9.59 Å². The minimum Gasteiger partial charge on any atom is -0.355 e. The molecule has 5 nitrogen and oxygen atoms in total. The van der Waals surface area contributed by atoms with Gasteiger partial charge in [-0.05, 0) is 6.42 Å². The van der Waals surface area contributed by atoms with Gasteiger partial charge in [-0.1, -0.05) is 0 Å². The highest BCUT2D eigenvalue weighted by Crippen LogP contribution is 2.13. The molecular weight excluding hydrogens is 256 g/mol. The number of nitrogens with two attached hydrogens (primary N) is 1. The standard InChI is InChI=1S/C9H15F2N3O2.ClH/c10-9(11,4-12)5-14-8(16)6-1-2-7(15)13-3-6;/h6H,1-5,12H2,(H,13,15)(H,14,16);1H. The van der Waals surface area contributed by atoms with E-state index in [1.54, 1.807) is 0 Å². The number of amides is 2. The molecule has 100 valence electrons. The lowest BCUT2D eigenvalue weighted by Crippen LogP contribution is -2.47. The molecular formula is C9H16ClF2N3O2. The van der Waals surface area contributed by atoms with Crippen molar-refractivity contribution in [2.45, 2.75) is 18.8 Å². The van der Waals surface area contributed by atoms with Crippen LogP contribution in [0.1, 0.15) is 12.8 Å². The smallest absolute Gasteiger partial charge is 0.277 e. The Labute approximate surface area is 104 Å². The van der Waals surface area contributed by atoms with Gasteiger partial charge in [-0.15, -0.1) is 12.4 Å². The second-order valence-electron chi connectivity index (χ2n) is 3.82. The zero-order valence-corrected chi connectivity index (χ0v) is 9.99. The number of rotatable bonds is 4. The van der Waals surface area contributed by atoms with Gasteiger partial charge in [0, 0.05) is 13.0 Å². The van der Waals surface area contributed by atoms with Crippen LogP contribution in [0.3, 0.4) is 0 Å². The van der Waals surface area contributed by atoms with Crippen LogP contribution in [-0.4, -0.2) is 37.4 Å². The molecule has 1 heterocycles. The average molecular weight is 272 g/mol. The number of halogens is 3. The van der Waals surface area contributed by atoms with E-state index in [-0.39, 0.29) is 31.3 Å². The van der Waals surface area contributed by atoms with Gasteiger partial charge in [0.1, 0.15) is 0 Å². The fourth-order valence-electron chi connectivity index (χ4n) is 1.39. The maximum Gasteiger partial charge on any atom is 0.277 e. The predicted octanol–water partition coefficient (Wildman–Crippen LogP) is -0.355. The summed E-state index contributed by atoms with van der Waals surface area (Å²) >= 11 is 0. The van der Waals surface area contributed by atoms with Crippen molar-refractivity contribution >= 4 is 24.2 Å². The van der Waals surface area contributed by atoms with Gasteiger partial charge in [-0.3, -0.25) is 9.59 Å². The molecule has 4 N–H and O–H groups in total. The van der Waals surface area contributed by atoms with Crippen molar-refractivity contribution in [2.24, 2.45) is 11.7 Å². The number of alkyl halides is 2. The van der Waals surface area contributed by atoms with Crippen LogP contribution in [0.25, 0.3) is 0 Å². The van der Waals surface area contributed by atoms with E-state index in [0.29, 0.717) is 6.42 Å². The summed E-state index contributed by atoms with van der Waals surface area (Å²) in [6, 6.07) is 0. The Hall–Kier alpha value is -0.950. The molecule has 0 aromatic heterocycles. The summed E-state index contributed by atoms with van der Waals surface area (Å²) < 4.78 is 25.5. The van der Waals surface area contributed by atoms with Gasteiger partial charge in [0.05, 0.1) is 19.0 Å². The highest BCUT2D eigenvalue weighted by atomic mass is 35.5. The molecule has 1 unspecified atom stereocenters. The largest absolute Gasteiger partial charge is 0.355 e. The van der Waals surface area contributed by atoms with Crippen LogP contribution in [0.15, 0.2) is 0 Å². The second-order valence-corrected chi connectivity index (χ2v) is 3.82. The molecule has 0 aliphatic carbocycles. The molecule has 1 atom stereocenters. The summed E-state index contributed by atoms with van der Waals surface area (Å²) in [5, 5.41) is 4.65. The Balaban J connectivity index is 0.00000256. The third-order valence-corrected chi connectivity index (χ3v) is 2.46. The molecule has 2 amide bonds. The van der Waals surface area contributed by atoms with E-state index in [1.807, 2.05) is 0 Å². The summed E-state index contributed by atoms with van der Waals surface area (Å²) in [7, 11) is 0. The van der Waals surface area contributed by atoms with Crippen LogP contribution in [0, 0.1) is 5.92 Å². The predicted molar refractivity (Wildman–Crippen MR) is 60.0 cm³/mol. The van der Waals surface area contributed by atoms with Crippen LogP contribution < -0.4 is 16.4 Å². The maximum absolute atomic E-state index is 12.7. The second kappa shape index (κ2) is 6.70. The van der Waals surface area contributed by atoms with Crippen molar-refractivity contribution in [3.05, 3.63) is 0 Å². The zero-order valence-electron chi connectivity index (χ0n) is 9.17. The van der Waals surface area contributed by atoms with Crippen molar-refractivity contribution in [1.82, 2.24) is 10.6 Å².